The highest BCUT2D eigenvalue weighted by Crippen LogP contribution is 2.33. The zero-order valence-corrected chi connectivity index (χ0v) is 14.3. The Morgan fingerprint density at radius 1 is 1.43 bits per heavy atom. The summed E-state index contributed by atoms with van der Waals surface area (Å²) >= 11 is 12.0. The van der Waals surface area contributed by atoms with E-state index >= 15 is 0 Å². The molecule has 0 bridgehead atoms. The van der Waals surface area contributed by atoms with Crippen LogP contribution in [0.4, 0.5) is 0 Å². The summed E-state index contributed by atoms with van der Waals surface area (Å²) in [5.41, 5.74) is 6.13. The lowest BCUT2D eigenvalue weighted by Crippen LogP contribution is -2.34. The Morgan fingerprint density at radius 2 is 2.05 bits per heavy atom. The predicted octanol–water partition coefficient (Wildman–Crippen LogP) is 3.23. The van der Waals surface area contributed by atoms with Gasteiger partial charge >= 0.3 is 0 Å². The van der Waals surface area contributed by atoms with E-state index in [9.17, 15) is 4.79 Å². The minimum absolute atomic E-state index is 0. The smallest absolute Gasteiger partial charge is 0.257 e. The zero-order valence-electron chi connectivity index (χ0n) is 11.9. The van der Waals surface area contributed by atoms with E-state index in [1.54, 1.807) is 12.1 Å². The standard InChI is InChI=1S/C14H18Cl2N2O2.ClH/c1-8-3-9(6-17)7-18(8)14(19)10-4-11(15)12(16)5-13(10)20-2;/h4-5,8-9H,3,6-7,17H2,1-2H3;1H. The van der Waals surface area contributed by atoms with E-state index in [0.29, 0.717) is 40.4 Å². The summed E-state index contributed by atoms with van der Waals surface area (Å²) in [7, 11) is 1.51. The summed E-state index contributed by atoms with van der Waals surface area (Å²) in [6.07, 6.45) is 0.922. The molecule has 1 saturated heterocycles. The molecule has 1 fully saturated rings. The summed E-state index contributed by atoms with van der Waals surface area (Å²) < 4.78 is 5.23. The van der Waals surface area contributed by atoms with Gasteiger partial charge in [-0.3, -0.25) is 4.79 Å². The number of nitrogens with two attached hydrogens (primary N) is 1. The molecule has 7 heteroatoms. The van der Waals surface area contributed by atoms with Crippen molar-refractivity contribution in [3.8, 4) is 5.75 Å². The molecule has 0 aliphatic carbocycles. The number of likely N-dealkylation sites (tertiary alicyclic amines) is 1. The molecule has 1 aromatic carbocycles. The van der Waals surface area contributed by atoms with Crippen LogP contribution in [-0.2, 0) is 0 Å². The van der Waals surface area contributed by atoms with Gasteiger partial charge in [-0.15, -0.1) is 12.4 Å². The first kappa shape index (κ1) is 18.4. The molecule has 1 heterocycles. The number of amides is 1. The van der Waals surface area contributed by atoms with Crippen LogP contribution in [0.5, 0.6) is 5.75 Å². The second-order valence-corrected chi connectivity index (χ2v) is 5.92. The zero-order chi connectivity index (χ0) is 14.9. The van der Waals surface area contributed by atoms with E-state index < -0.39 is 0 Å². The molecule has 1 aromatic rings. The second kappa shape index (κ2) is 7.54. The van der Waals surface area contributed by atoms with Gasteiger partial charge < -0.3 is 15.4 Å². The van der Waals surface area contributed by atoms with Crippen molar-refractivity contribution in [2.75, 3.05) is 20.2 Å². The fourth-order valence-electron chi connectivity index (χ4n) is 2.62. The fourth-order valence-corrected chi connectivity index (χ4v) is 2.93. The van der Waals surface area contributed by atoms with Crippen molar-refractivity contribution in [2.45, 2.75) is 19.4 Å². The molecular formula is C14H19Cl3N2O2. The van der Waals surface area contributed by atoms with Gasteiger partial charge in [-0.25, -0.2) is 0 Å². The van der Waals surface area contributed by atoms with Crippen LogP contribution < -0.4 is 10.5 Å². The van der Waals surface area contributed by atoms with E-state index in [0.717, 1.165) is 6.42 Å². The lowest BCUT2D eigenvalue weighted by molar-refractivity contribution is 0.0740. The Hall–Kier alpha value is -0.680. The Labute approximate surface area is 140 Å². The number of carbonyl (C=O) groups is 1. The van der Waals surface area contributed by atoms with Gasteiger partial charge in [0.2, 0.25) is 0 Å². The number of carbonyl (C=O) groups excluding carboxylic acids is 1. The number of hydrogen-bond acceptors (Lipinski definition) is 3. The number of methoxy groups -OCH3 is 1. The van der Waals surface area contributed by atoms with E-state index in [1.165, 1.54) is 7.11 Å². The third-order valence-corrected chi connectivity index (χ3v) is 4.45. The van der Waals surface area contributed by atoms with Gasteiger partial charge in [-0.05, 0) is 31.9 Å². The topological polar surface area (TPSA) is 55.6 Å². The van der Waals surface area contributed by atoms with E-state index in [1.807, 2.05) is 11.8 Å². The SMILES string of the molecule is COc1cc(Cl)c(Cl)cc1C(=O)N1CC(CN)CC1C.Cl. The molecule has 2 N–H and O–H groups in total. The van der Waals surface area contributed by atoms with Gasteiger partial charge in [-0.1, -0.05) is 23.2 Å². The number of benzene rings is 1. The van der Waals surface area contributed by atoms with Gasteiger partial charge in [0.25, 0.3) is 5.91 Å². The number of halogens is 3. The largest absolute Gasteiger partial charge is 0.496 e. The van der Waals surface area contributed by atoms with Gasteiger partial charge in [0, 0.05) is 18.7 Å². The van der Waals surface area contributed by atoms with Crippen LogP contribution in [0.3, 0.4) is 0 Å². The first-order valence-electron chi connectivity index (χ1n) is 6.52. The second-order valence-electron chi connectivity index (χ2n) is 5.11. The van der Waals surface area contributed by atoms with Crippen LogP contribution in [0.2, 0.25) is 10.0 Å². The molecular weight excluding hydrogens is 335 g/mol. The predicted molar refractivity (Wildman–Crippen MR) is 87.9 cm³/mol. The third kappa shape index (κ3) is 3.75. The number of hydrogen-bond donors (Lipinski definition) is 1. The van der Waals surface area contributed by atoms with Crippen molar-refractivity contribution in [3.05, 3.63) is 27.7 Å². The van der Waals surface area contributed by atoms with Gasteiger partial charge in [0.15, 0.2) is 0 Å². The van der Waals surface area contributed by atoms with Crippen molar-refractivity contribution in [1.29, 1.82) is 0 Å². The van der Waals surface area contributed by atoms with Crippen molar-refractivity contribution < 1.29 is 9.53 Å². The van der Waals surface area contributed by atoms with Crippen molar-refractivity contribution in [3.63, 3.8) is 0 Å². The number of nitrogens with zero attached hydrogens (tertiary/aromatic N) is 1. The molecule has 118 valence electrons. The first-order valence-corrected chi connectivity index (χ1v) is 7.27. The van der Waals surface area contributed by atoms with Crippen LogP contribution >= 0.6 is 35.6 Å². The number of rotatable bonds is 3. The monoisotopic (exact) mass is 352 g/mol. The van der Waals surface area contributed by atoms with Crippen molar-refractivity contribution in [2.24, 2.45) is 11.7 Å². The van der Waals surface area contributed by atoms with Crippen LogP contribution in [0, 0.1) is 5.92 Å². The molecule has 2 unspecified atom stereocenters. The summed E-state index contributed by atoms with van der Waals surface area (Å²) in [4.78, 5) is 14.5. The Kier molecular flexibility index (Phi) is 6.60. The molecule has 4 nitrogen and oxygen atoms in total. The quantitative estimate of drug-likeness (QED) is 0.907. The first-order chi connectivity index (χ1) is 9.47. The van der Waals surface area contributed by atoms with Crippen LogP contribution in [0.15, 0.2) is 12.1 Å². The molecule has 2 rings (SSSR count). The highest BCUT2D eigenvalue weighted by atomic mass is 35.5. The van der Waals surface area contributed by atoms with Crippen molar-refractivity contribution >= 4 is 41.5 Å². The average molecular weight is 354 g/mol. The highest BCUT2D eigenvalue weighted by molar-refractivity contribution is 6.42. The molecule has 0 radical (unpaired) electrons. The highest BCUT2D eigenvalue weighted by Gasteiger charge is 2.33. The molecule has 0 saturated carbocycles. The minimum atomic E-state index is -0.0936. The van der Waals surface area contributed by atoms with Crippen LogP contribution in [0.25, 0.3) is 0 Å². The van der Waals surface area contributed by atoms with E-state index in [4.69, 9.17) is 33.7 Å². The number of ether oxygens (including phenoxy) is 1. The van der Waals surface area contributed by atoms with E-state index in [-0.39, 0.29) is 24.4 Å². The molecule has 0 spiro atoms. The molecule has 21 heavy (non-hydrogen) atoms. The van der Waals surface area contributed by atoms with Gasteiger partial charge in [-0.2, -0.15) is 0 Å². The Morgan fingerprint density at radius 3 is 2.57 bits per heavy atom. The lowest BCUT2D eigenvalue weighted by Gasteiger charge is -2.23. The molecule has 1 aliphatic heterocycles. The average Bonchev–Trinajstić information content (AvgIpc) is 2.81. The molecule has 0 aromatic heterocycles. The maximum absolute atomic E-state index is 12.7. The minimum Gasteiger partial charge on any atom is -0.496 e. The lowest BCUT2D eigenvalue weighted by atomic mass is 10.1. The summed E-state index contributed by atoms with van der Waals surface area (Å²) in [5, 5.41) is 0.715. The maximum Gasteiger partial charge on any atom is 0.257 e. The Bertz CT molecular complexity index is 525. The normalized spacial score (nSPS) is 21.1. The van der Waals surface area contributed by atoms with Gasteiger partial charge in [0.1, 0.15) is 5.75 Å². The van der Waals surface area contributed by atoms with Gasteiger partial charge in [0.05, 0.1) is 22.7 Å². The van der Waals surface area contributed by atoms with Crippen LogP contribution in [-0.4, -0.2) is 37.0 Å². The molecule has 2 atom stereocenters. The van der Waals surface area contributed by atoms with Crippen LogP contribution in [0.1, 0.15) is 23.7 Å². The van der Waals surface area contributed by atoms with Crippen molar-refractivity contribution in [1.82, 2.24) is 4.90 Å². The third-order valence-electron chi connectivity index (χ3n) is 3.73. The van der Waals surface area contributed by atoms with E-state index in [2.05, 4.69) is 0 Å². The fraction of sp³-hybridized carbons (Fsp3) is 0.500. The summed E-state index contributed by atoms with van der Waals surface area (Å²) in [6, 6.07) is 3.29. The molecule has 1 aliphatic rings. The summed E-state index contributed by atoms with van der Waals surface area (Å²) in [6.45, 7) is 3.28. The maximum atomic E-state index is 12.7. The Balaban J connectivity index is 0.00000220. The summed E-state index contributed by atoms with van der Waals surface area (Å²) in [5.74, 6) is 0.694. The molecule has 1 amide bonds.